The molecular weight excluding hydrogens is 286 g/mol. The summed E-state index contributed by atoms with van der Waals surface area (Å²) in [5.41, 5.74) is 1.70. The average molecular weight is 307 g/mol. The number of hydrogen-bond acceptors (Lipinski definition) is 5. The van der Waals surface area contributed by atoms with E-state index in [0.717, 1.165) is 30.4 Å². The molecule has 0 fully saturated rings. The van der Waals surface area contributed by atoms with E-state index in [4.69, 9.17) is 4.74 Å². The third-order valence-corrected chi connectivity index (χ3v) is 3.77. The lowest BCUT2D eigenvalue weighted by atomic mass is 9.87. The molecule has 0 aliphatic heterocycles. The first kappa shape index (κ1) is 16.3. The highest BCUT2D eigenvalue weighted by Gasteiger charge is 2.27. The van der Waals surface area contributed by atoms with E-state index < -0.39 is 18.0 Å². The zero-order chi connectivity index (χ0) is 16.1. The van der Waals surface area contributed by atoms with E-state index in [9.17, 15) is 19.8 Å². The van der Waals surface area contributed by atoms with Crippen LogP contribution in [0, 0.1) is 0 Å². The Hall–Kier alpha value is -2.08. The van der Waals surface area contributed by atoms with Gasteiger partial charge in [-0.15, -0.1) is 0 Å². The Labute approximate surface area is 129 Å². The second-order valence-electron chi connectivity index (χ2n) is 5.32. The zero-order valence-electron chi connectivity index (χ0n) is 12.5. The van der Waals surface area contributed by atoms with Gasteiger partial charge in [0.25, 0.3) is 0 Å². The number of ether oxygens (including phenoxy) is 1. The van der Waals surface area contributed by atoms with Crippen molar-refractivity contribution >= 4 is 11.9 Å². The summed E-state index contributed by atoms with van der Waals surface area (Å²) in [6.45, 7) is 1.87. The van der Waals surface area contributed by atoms with Gasteiger partial charge < -0.3 is 20.3 Å². The summed E-state index contributed by atoms with van der Waals surface area (Å²) in [4.78, 5) is 23.3. The number of hydrogen-bond donors (Lipinski definition) is 3. The van der Waals surface area contributed by atoms with Crippen LogP contribution in [-0.4, -0.2) is 34.8 Å². The van der Waals surface area contributed by atoms with Crippen molar-refractivity contribution in [2.24, 2.45) is 0 Å². The number of aliphatic hydroxyl groups is 1. The number of nitrogens with one attached hydrogen (secondary N) is 1. The van der Waals surface area contributed by atoms with Crippen molar-refractivity contribution in [3.05, 3.63) is 29.3 Å². The fraction of sp³-hybridized carbons (Fsp3) is 0.500. The van der Waals surface area contributed by atoms with Crippen LogP contribution in [0.2, 0.25) is 0 Å². The molecule has 120 valence electrons. The van der Waals surface area contributed by atoms with Gasteiger partial charge >= 0.3 is 5.97 Å². The largest absolute Gasteiger partial charge is 0.508 e. The number of carbonyl (C=O) groups is 2. The molecule has 1 amide bonds. The van der Waals surface area contributed by atoms with Crippen LogP contribution in [0.4, 0.5) is 0 Å². The summed E-state index contributed by atoms with van der Waals surface area (Å²) in [6, 6.07) is 4.95. The van der Waals surface area contributed by atoms with Crippen molar-refractivity contribution < 1.29 is 24.5 Å². The van der Waals surface area contributed by atoms with Crippen LogP contribution in [-0.2, 0) is 20.7 Å². The van der Waals surface area contributed by atoms with E-state index in [0.29, 0.717) is 0 Å². The van der Waals surface area contributed by atoms with Crippen LogP contribution >= 0.6 is 0 Å². The highest BCUT2D eigenvalue weighted by Crippen LogP contribution is 2.34. The second-order valence-corrected chi connectivity index (χ2v) is 5.32. The predicted molar refractivity (Wildman–Crippen MR) is 79.2 cm³/mol. The smallest absolute Gasteiger partial charge is 0.308 e. The van der Waals surface area contributed by atoms with Gasteiger partial charge in [0, 0.05) is 0 Å². The molecule has 1 aromatic rings. The molecule has 1 aromatic carbocycles. The van der Waals surface area contributed by atoms with Crippen LogP contribution < -0.4 is 5.32 Å². The molecule has 0 radical (unpaired) electrons. The number of amides is 1. The van der Waals surface area contributed by atoms with E-state index >= 15 is 0 Å². The first-order chi connectivity index (χ1) is 10.5. The van der Waals surface area contributed by atoms with Crippen molar-refractivity contribution in [1.29, 1.82) is 0 Å². The Bertz CT molecular complexity index is 557. The first-order valence-electron chi connectivity index (χ1n) is 7.47. The van der Waals surface area contributed by atoms with Crippen LogP contribution in [0.1, 0.15) is 43.4 Å². The summed E-state index contributed by atoms with van der Waals surface area (Å²) in [7, 11) is 0. The summed E-state index contributed by atoms with van der Waals surface area (Å²) in [5, 5.41) is 22.4. The normalized spacial score (nSPS) is 18.2. The molecule has 1 aliphatic rings. The SMILES string of the molecule is CCOC(=O)C[C@H](O)C(=O)N[C@H]1CCCc2c(O)cccc21. The van der Waals surface area contributed by atoms with Crippen LogP contribution in [0.25, 0.3) is 0 Å². The molecule has 0 aromatic heterocycles. The first-order valence-corrected chi connectivity index (χ1v) is 7.47. The van der Waals surface area contributed by atoms with E-state index in [1.54, 1.807) is 19.1 Å². The Morgan fingerprint density at radius 2 is 2.23 bits per heavy atom. The Morgan fingerprint density at radius 1 is 1.45 bits per heavy atom. The molecule has 2 rings (SSSR count). The average Bonchev–Trinajstić information content (AvgIpc) is 2.48. The van der Waals surface area contributed by atoms with Gasteiger partial charge in [0.1, 0.15) is 11.9 Å². The molecule has 0 bridgehead atoms. The molecule has 0 saturated heterocycles. The van der Waals surface area contributed by atoms with Gasteiger partial charge in [-0.2, -0.15) is 0 Å². The number of benzene rings is 1. The fourth-order valence-corrected chi connectivity index (χ4v) is 2.72. The molecule has 2 atom stereocenters. The molecule has 6 heteroatoms. The lowest BCUT2D eigenvalue weighted by Gasteiger charge is -2.27. The van der Waals surface area contributed by atoms with Crippen molar-refractivity contribution in [3.8, 4) is 5.75 Å². The predicted octanol–water partition coefficient (Wildman–Crippen LogP) is 1.20. The number of rotatable bonds is 5. The summed E-state index contributed by atoms with van der Waals surface area (Å²) in [6.07, 6.45) is 0.540. The van der Waals surface area contributed by atoms with Crippen molar-refractivity contribution in [2.45, 2.75) is 44.8 Å². The lowest BCUT2D eigenvalue weighted by Crippen LogP contribution is -2.39. The summed E-state index contributed by atoms with van der Waals surface area (Å²) < 4.78 is 4.71. The maximum absolute atomic E-state index is 12.0. The Kier molecular flexibility index (Phi) is 5.38. The highest BCUT2D eigenvalue weighted by atomic mass is 16.5. The van der Waals surface area contributed by atoms with Gasteiger partial charge in [-0.1, -0.05) is 12.1 Å². The number of aliphatic hydroxyl groups excluding tert-OH is 1. The van der Waals surface area contributed by atoms with Crippen molar-refractivity contribution in [1.82, 2.24) is 5.32 Å². The van der Waals surface area contributed by atoms with Crippen LogP contribution in [0.5, 0.6) is 5.75 Å². The van der Waals surface area contributed by atoms with E-state index in [1.807, 2.05) is 6.07 Å². The third kappa shape index (κ3) is 3.76. The molecule has 0 saturated carbocycles. The molecule has 0 unspecified atom stereocenters. The van der Waals surface area contributed by atoms with Crippen LogP contribution in [0.3, 0.4) is 0 Å². The minimum atomic E-state index is -1.43. The van der Waals surface area contributed by atoms with E-state index in [-0.39, 0.29) is 24.8 Å². The second kappa shape index (κ2) is 7.26. The van der Waals surface area contributed by atoms with Crippen LogP contribution in [0.15, 0.2) is 18.2 Å². The molecular formula is C16H21NO5. The summed E-state index contributed by atoms with van der Waals surface area (Å²) >= 11 is 0. The van der Waals surface area contributed by atoms with Gasteiger partial charge in [-0.3, -0.25) is 9.59 Å². The number of carbonyl (C=O) groups excluding carboxylic acids is 2. The third-order valence-electron chi connectivity index (χ3n) is 3.77. The van der Waals surface area contributed by atoms with E-state index in [1.165, 1.54) is 0 Å². The monoisotopic (exact) mass is 307 g/mol. The number of phenols is 1. The van der Waals surface area contributed by atoms with Crippen molar-refractivity contribution in [2.75, 3.05) is 6.61 Å². The molecule has 6 nitrogen and oxygen atoms in total. The molecule has 22 heavy (non-hydrogen) atoms. The van der Waals surface area contributed by atoms with Gasteiger partial charge in [0.15, 0.2) is 0 Å². The quantitative estimate of drug-likeness (QED) is 0.710. The fourth-order valence-electron chi connectivity index (χ4n) is 2.72. The Morgan fingerprint density at radius 3 is 2.95 bits per heavy atom. The number of fused-ring (bicyclic) bond motifs is 1. The number of esters is 1. The van der Waals surface area contributed by atoms with E-state index in [2.05, 4.69) is 5.32 Å². The molecule has 3 N–H and O–H groups in total. The maximum atomic E-state index is 12.0. The Balaban J connectivity index is 2.01. The summed E-state index contributed by atoms with van der Waals surface area (Å²) in [5.74, 6) is -0.982. The number of phenolic OH excluding ortho intramolecular Hbond substituents is 1. The maximum Gasteiger partial charge on any atom is 0.308 e. The van der Waals surface area contributed by atoms with Gasteiger partial charge in [-0.05, 0) is 43.4 Å². The number of aromatic hydroxyl groups is 1. The van der Waals surface area contributed by atoms with Gasteiger partial charge in [0.05, 0.1) is 19.1 Å². The standard InChI is InChI=1S/C16H21NO5/c1-2-22-15(20)9-14(19)16(21)17-12-7-3-6-11-10(12)5-4-8-13(11)18/h4-5,8,12,14,18-19H,2-3,6-7,9H2,1H3,(H,17,21)/t12-,14-/m0/s1. The van der Waals surface area contributed by atoms with Gasteiger partial charge in [-0.25, -0.2) is 0 Å². The van der Waals surface area contributed by atoms with Gasteiger partial charge in [0.2, 0.25) is 5.91 Å². The molecule has 0 heterocycles. The zero-order valence-corrected chi connectivity index (χ0v) is 12.5. The van der Waals surface area contributed by atoms with Crippen molar-refractivity contribution in [3.63, 3.8) is 0 Å². The molecule has 1 aliphatic carbocycles. The highest BCUT2D eigenvalue weighted by molar-refractivity contribution is 5.85. The molecule has 0 spiro atoms. The minimum Gasteiger partial charge on any atom is -0.508 e. The lowest BCUT2D eigenvalue weighted by molar-refractivity contribution is -0.148. The minimum absolute atomic E-state index is 0.211. The topological polar surface area (TPSA) is 95.9 Å².